The van der Waals surface area contributed by atoms with Gasteiger partial charge in [-0.3, -0.25) is 0 Å². The molecule has 5 aliphatic rings. The van der Waals surface area contributed by atoms with E-state index in [-0.39, 0.29) is 6.35 Å². The highest BCUT2D eigenvalue weighted by Gasteiger charge is 2.48. The Labute approximate surface area is 145 Å². The van der Waals surface area contributed by atoms with Crippen LogP contribution in [0.4, 0.5) is 5.69 Å². The molecule has 24 heavy (non-hydrogen) atoms. The first-order chi connectivity index (χ1) is 11.9. The van der Waals surface area contributed by atoms with E-state index in [9.17, 15) is 0 Å². The highest BCUT2D eigenvalue weighted by Crippen LogP contribution is 2.49. The van der Waals surface area contributed by atoms with Crippen LogP contribution in [0.15, 0.2) is 29.8 Å². The Balaban J connectivity index is 1.40. The summed E-state index contributed by atoms with van der Waals surface area (Å²) in [5.41, 5.74) is 2.39. The van der Waals surface area contributed by atoms with Crippen LogP contribution in [-0.2, 0) is 0 Å². The molecule has 4 aliphatic heterocycles. The van der Waals surface area contributed by atoms with Crippen molar-refractivity contribution in [2.45, 2.75) is 43.7 Å². The number of nitrogens with zero attached hydrogens (tertiary/aromatic N) is 3. The molecule has 5 nitrogen and oxygen atoms in total. The van der Waals surface area contributed by atoms with Gasteiger partial charge in [0.25, 0.3) is 0 Å². The van der Waals surface area contributed by atoms with E-state index >= 15 is 0 Å². The number of anilines is 1. The number of benzene rings is 1. The first-order valence-corrected chi connectivity index (χ1v) is 9.73. The van der Waals surface area contributed by atoms with Gasteiger partial charge in [0.2, 0.25) is 6.35 Å². The number of thiazole rings is 1. The Bertz CT molecular complexity index is 759. The molecule has 0 amide bonds. The molecular weight excluding hydrogens is 320 g/mol. The van der Waals surface area contributed by atoms with E-state index in [0.29, 0.717) is 18.1 Å². The average Bonchev–Trinajstić information content (AvgIpc) is 3.13. The maximum atomic E-state index is 6.57. The zero-order valence-electron chi connectivity index (χ0n) is 13.4. The number of hydrogen-bond donors (Lipinski definition) is 1. The number of hydrogen-bond acceptors (Lipinski definition) is 6. The molecule has 1 N–H and O–H groups in total. The SMILES string of the molecule is c1cc(-c2nccs2)c2c(c1)N(C1CC1)C(N1CC3CC(C1)N3)O2. The van der Waals surface area contributed by atoms with Crippen LogP contribution in [0, 0.1) is 0 Å². The molecule has 1 aromatic carbocycles. The molecule has 4 fully saturated rings. The normalized spacial score (nSPS) is 31.5. The molecular formula is C18H20N4OS. The van der Waals surface area contributed by atoms with E-state index in [4.69, 9.17) is 4.74 Å². The number of piperazine rings is 1. The summed E-state index contributed by atoms with van der Waals surface area (Å²) in [6.07, 6.45) is 5.80. The molecule has 0 radical (unpaired) electrons. The minimum Gasteiger partial charge on any atom is -0.454 e. The molecule has 7 rings (SSSR count). The molecule has 3 atom stereocenters. The standard InChI is InChI=1S/C18H20N4OS/c1-2-14(17-19-6-7-24-17)16-15(3-1)22(13-4-5-13)18(23-16)21-9-11-8-12(10-21)20-11/h1-3,6-7,11-13,18,20H,4-5,8-10H2. The maximum absolute atomic E-state index is 6.57. The molecule has 1 aromatic heterocycles. The second-order valence-corrected chi connectivity index (χ2v) is 8.22. The van der Waals surface area contributed by atoms with Crippen molar-refractivity contribution in [3.63, 3.8) is 0 Å². The van der Waals surface area contributed by atoms with Gasteiger partial charge >= 0.3 is 0 Å². The summed E-state index contributed by atoms with van der Waals surface area (Å²) in [4.78, 5) is 9.55. The van der Waals surface area contributed by atoms with Gasteiger partial charge in [0.15, 0.2) is 5.75 Å². The van der Waals surface area contributed by atoms with Gasteiger partial charge in [-0.05, 0) is 31.4 Å². The van der Waals surface area contributed by atoms with Gasteiger partial charge < -0.3 is 15.0 Å². The van der Waals surface area contributed by atoms with Crippen molar-refractivity contribution in [1.29, 1.82) is 0 Å². The molecule has 3 unspecified atom stereocenters. The Morgan fingerprint density at radius 2 is 2.04 bits per heavy atom. The summed E-state index contributed by atoms with van der Waals surface area (Å²) in [6, 6.07) is 8.43. The maximum Gasteiger partial charge on any atom is 0.233 e. The first kappa shape index (κ1) is 13.6. The zero-order chi connectivity index (χ0) is 15.7. The summed E-state index contributed by atoms with van der Waals surface area (Å²) in [6.45, 7) is 2.18. The zero-order valence-corrected chi connectivity index (χ0v) is 14.2. The fourth-order valence-electron chi connectivity index (χ4n) is 4.37. The van der Waals surface area contributed by atoms with Crippen molar-refractivity contribution in [3.8, 4) is 16.3 Å². The lowest BCUT2D eigenvalue weighted by Gasteiger charge is -2.50. The van der Waals surface area contributed by atoms with E-state index in [1.165, 1.54) is 24.9 Å². The number of rotatable bonds is 3. The Hall–Kier alpha value is -1.63. The summed E-state index contributed by atoms with van der Waals surface area (Å²) < 4.78 is 6.57. The summed E-state index contributed by atoms with van der Waals surface area (Å²) in [7, 11) is 0. The average molecular weight is 340 g/mol. The fraction of sp³-hybridized carbons (Fsp3) is 0.500. The topological polar surface area (TPSA) is 40.6 Å². The third-order valence-corrected chi connectivity index (χ3v) is 6.41. The second-order valence-electron chi connectivity index (χ2n) is 7.32. The monoisotopic (exact) mass is 340 g/mol. The van der Waals surface area contributed by atoms with Crippen molar-refractivity contribution < 1.29 is 4.74 Å². The number of piperidine rings is 1. The first-order valence-electron chi connectivity index (χ1n) is 8.85. The molecule has 1 aliphatic carbocycles. The number of para-hydroxylation sites is 1. The molecule has 3 saturated heterocycles. The van der Waals surface area contributed by atoms with E-state index in [0.717, 1.165) is 29.4 Å². The smallest absolute Gasteiger partial charge is 0.233 e. The van der Waals surface area contributed by atoms with Gasteiger partial charge in [0.1, 0.15) is 5.01 Å². The predicted octanol–water partition coefficient (Wildman–Crippen LogP) is 2.50. The Kier molecular flexibility index (Phi) is 2.81. The van der Waals surface area contributed by atoms with Gasteiger partial charge in [0.05, 0.1) is 11.3 Å². The van der Waals surface area contributed by atoms with Gasteiger partial charge in [-0.1, -0.05) is 6.07 Å². The van der Waals surface area contributed by atoms with Crippen molar-refractivity contribution >= 4 is 17.0 Å². The third-order valence-electron chi connectivity index (χ3n) is 5.60. The molecule has 124 valence electrons. The lowest BCUT2D eigenvalue weighted by molar-refractivity contribution is -0.0296. The summed E-state index contributed by atoms with van der Waals surface area (Å²) >= 11 is 1.68. The highest BCUT2D eigenvalue weighted by atomic mass is 32.1. The molecule has 0 spiro atoms. The van der Waals surface area contributed by atoms with Gasteiger partial charge in [-0.2, -0.15) is 0 Å². The van der Waals surface area contributed by atoms with Crippen molar-refractivity contribution in [2.75, 3.05) is 18.0 Å². The molecule has 2 bridgehead atoms. The highest BCUT2D eigenvalue weighted by molar-refractivity contribution is 7.13. The van der Waals surface area contributed by atoms with Crippen LogP contribution < -0.4 is 15.0 Å². The van der Waals surface area contributed by atoms with Gasteiger partial charge in [-0.25, -0.2) is 9.88 Å². The van der Waals surface area contributed by atoms with Crippen LogP contribution in [0.1, 0.15) is 19.3 Å². The van der Waals surface area contributed by atoms with Crippen LogP contribution in [0.25, 0.3) is 10.6 Å². The van der Waals surface area contributed by atoms with Crippen LogP contribution >= 0.6 is 11.3 Å². The summed E-state index contributed by atoms with van der Waals surface area (Å²) in [5.74, 6) is 1.02. The Morgan fingerprint density at radius 1 is 1.21 bits per heavy atom. The number of fused-ring (bicyclic) bond motifs is 3. The minimum absolute atomic E-state index is 0.0565. The van der Waals surface area contributed by atoms with Crippen LogP contribution in [0.3, 0.4) is 0 Å². The molecule has 1 saturated carbocycles. The minimum atomic E-state index is 0.0565. The largest absolute Gasteiger partial charge is 0.454 e. The van der Waals surface area contributed by atoms with Crippen molar-refractivity contribution in [1.82, 2.24) is 15.2 Å². The number of nitrogens with one attached hydrogen (secondary N) is 1. The number of aromatic nitrogens is 1. The van der Waals surface area contributed by atoms with Crippen LogP contribution in [-0.4, -0.2) is 47.5 Å². The lowest BCUT2D eigenvalue weighted by Crippen LogP contribution is -2.70. The van der Waals surface area contributed by atoms with E-state index in [2.05, 4.69) is 38.3 Å². The second kappa shape index (κ2) is 4.94. The van der Waals surface area contributed by atoms with E-state index < -0.39 is 0 Å². The predicted molar refractivity (Wildman–Crippen MR) is 94.4 cm³/mol. The lowest BCUT2D eigenvalue weighted by atomic mass is 9.91. The quantitative estimate of drug-likeness (QED) is 0.930. The number of ether oxygens (including phenoxy) is 1. The Morgan fingerprint density at radius 3 is 2.75 bits per heavy atom. The van der Waals surface area contributed by atoms with Crippen molar-refractivity contribution in [2.24, 2.45) is 0 Å². The molecule has 2 aromatic rings. The third kappa shape index (κ3) is 1.96. The van der Waals surface area contributed by atoms with Gasteiger partial charge in [-0.15, -0.1) is 11.3 Å². The molecule has 6 heteroatoms. The van der Waals surface area contributed by atoms with Crippen LogP contribution in [0.2, 0.25) is 0 Å². The van der Waals surface area contributed by atoms with E-state index in [1.54, 1.807) is 11.3 Å². The van der Waals surface area contributed by atoms with Crippen LogP contribution in [0.5, 0.6) is 5.75 Å². The van der Waals surface area contributed by atoms with Crippen molar-refractivity contribution in [3.05, 3.63) is 29.8 Å². The molecule has 5 heterocycles. The van der Waals surface area contributed by atoms with E-state index in [1.807, 2.05) is 11.6 Å². The van der Waals surface area contributed by atoms with Gasteiger partial charge in [0, 0.05) is 42.8 Å². The fourth-order valence-corrected chi connectivity index (χ4v) is 5.03. The summed E-state index contributed by atoms with van der Waals surface area (Å²) in [5, 5.41) is 6.70.